The second kappa shape index (κ2) is 4.88. The monoisotopic (exact) mass is 219 g/mol. The fourth-order valence-electron chi connectivity index (χ4n) is 2.61. The summed E-state index contributed by atoms with van der Waals surface area (Å²) in [4.78, 5) is 0. The highest BCUT2D eigenvalue weighted by atomic mass is 16.5. The molecule has 0 spiro atoms. The molecule has 16 heavy (non-hydrogen) atoms. The summed E-state index contributed by atoms with van der Waals surface area (Å²) in [7, 11) is 1.73. The average Bonchev–Trinajstić information content (AvgIpc) is 2.33. The van der Waals surface area contributed by atoms with Gasteiger partial charge in [0.25, 0.3) is 0 Å². The number of hydrogen-bond acceptors (Lipinski definition) is 2. The molecule has 1 heterocycles. The smallest absolute Gasteiger partial charge is 0.119 e. The van der Waals surface area contributed by atoms with Crippen molar-refractivity contribution in [3.05, 3.63) is 29.8 Å². The van der Waals surface area contributed by atoms with Gasteiger partial charge in [0.1, 0.15) is 5.75 Å². The van der Waals surface area contributed by atoms with Crippen LogP contribution in [0.15, 0.2) is 24.3 Å². The third kappa shape index (κ3) is 2.22. The molecule has 0 amide bonds. The molecule has 0 aliphatic carbocycles. The molecule has 1 aliphatic heterocycles. The lowest BCUT2D eigenvalue weighted by Gasteiger charge is -2.35. The van der Waals surface area contributed by atoms with Crippen molar-refractivity contribution in [3.8, 4) is 5.75 Å². The van der Waals surface area contributed by atoms with Crippen LogP contribution in [-0.2, 0) is 0 Å². The van der Waals surface area contributed by atoms with Gasteiger partial charge in [-0.05, 0) is 49.4 Å². The van der Waals surface area contributed by atoms with E-state index >= 15 is 0 Å². The lowest BCUT2D eigenvalue weighted by molar-refractivity contribution is 0.276. The molecule has 2 rings (SSSR count). The van der Waals surface area contributed by atoms with Crippen LogP contribution in [-0.4, -0.2) is 19.7 Å². The Morgan fingerprint density at radius 2 is 2.12 bits per heavy atom. The second-order valence-electron chi connectivity index (χ2n) is 4.77. The van der Waals surface area contributed by atoms with Gasteiger partial charge in [0.05, 0.1) is 7.11 Å². The highest BCUT2D eigenvalue weighted by Crippen LogP contribution is 2.34. The van der Waals surface area contributed by atoms with Gasteiger partial charge < -0.3 is 10.1 Å². The molecule has 2 nitrogen and oxygen atoms in total. The third-order valence-electron chi connectivity index (χ3n) is 3.87. The van der Waals surface area contributed by atoms with E-state index < -0.39 is 0 Å². The van der Waals surface area contributed by atoms with Gasteiger partial charge >= 0.3 is 0 Å². The molecule has 0 aromatic heterocycles. The van der Waals surface area contributed by atoms with Gasteiger partial charge in [-0.3, -0.25) is 0 Å². The Kier molecular flexibility index (Phi) is 3.49. The van der Waals surface area contributed by atoms with Crippen LogP contribution in [0.5, 0.6) is 5.75 Å². The summed E-state index contributed by atoms with van der Waals surface area (Å²) in [6, 6.07) is 9.11. The number of benzene rings is 1. The van der Waals surface area contributed by atoms with Gasteiger partial charge in [0.15, 0.2) is 0 Å². The maximum Gasteiger partial charge on any atom is 0.119 e. The first-order valence-corrected chi connectivity index (χ1v) is 6.09. The van der Waals surface area contributed by atoms with Crippen molar-refractivity contribution >= 4 is 0 Å². The summed E-state index contributed by atoms with van der Waals surface area (Å²) in [6.07, 6.45) is 1.22. The predicted molar refractivity (Wildman–Crippen MR) is 67.0 cm³/mol. The largest absolute Gasteiger partial charge is 0.497 e. The van der Waals surface area contributed by atoms with E-state index in [1.165, 1.54) is 12.0 Å². The van der Waals surface area contributed by atoms with E-state index in [9.17, 15) is 0 Å². The van der Waals surface area contributed by atoms with Gasteiger partial charge in [-0.1, -0.05) is 19.1 Å². The maximum atomic E-state index is 5.29. The Bertz CT molecular complexity index is 350. The van der Waals surface area contributed by atoms with Gasteiger partial charge in [-0.15, -0.1) is 0 Å². The SMILES string of the molecule is COc1cccc([C@@H]2CCN[C@@H](C)[C@@H]2C)c1. The van der Waals surface area contributed by atoms with Gasteiger partial charge in [-0.25, -0.2) is 0 Å². The fraction of sp³-hybridized carbons (Fsp3) is 0.571. The number of piperidine rings is 1. The summed E-state index contributed by atoms with van der Waals surface area (Å²) < 4.78 is 5.29. The number of rotatable bonds is 2. The van der Waals surface area contributed by atoms with E-state index in [4.69, 9.17) is 4.74 Å². The summed E-state index contributed by atoms with van der Waals surface area (Å²) in [5.41, 5.74) is 1.42. The van der Waals surface area contributed by atoms with Crippen molar-refractivity contribution in [3.63, 3.8) is 0 Å². The molecule has 0 unspecified atom stereocenters. The highest BCUT2D eigenvalue weighted by molar-refractivity contribution is 5.31. The van der Waals surface area contributed by atoms with E-state index in [2.05, 4.69) is 37.4 Å². The van der Waals surface area contributed by atoms with Crippen LogP contribution < -0.4 is 10.1 Å². The van der Waals surface area contributed by atoms with Crippen LogP contribution in [0.2, 0.25) is 0 Å². The van der Waals surface area contributed by atoms with Crippen LogP contribution in [0.25, 0.3) is 0 Å². The Balaban J connectivity index is 2.21. The zero-order valence-corrected chi connectivity index (χ0v) is 10.4. The number of nitrogens with one attached hydrogen (secondary N) is 1. The Morgan fingerprint density at radius 3 is 2.88 bits per heavy atom. The topological polar surface area (TPSA) is 21.3 Å². The van der Waals surface area contributed by atoms with E-state index in [0.717, 1.165) is 12.3 Å². The molecule has 1 aromatic rings. The standard InChI is InChI=1S/C14H21NO/c1-10-11(2)15-8-7-14(10)12-5-4-6-13(9-12)16-3/h4-6,9-11,14-15H,7-8H2,1-3H3/t10-,11-,14+/m0/s1. The lowest BCUT2D eigenvalue weighted by Crippen LogP contribution is -2.41. The second-order valence-corrected chi connectivity index (χ2v) is 4.77. The zero-order valence-electron chi connectivity index (χ0n) is 10.4. The minimum absolute atomic E-state index is 0.602. The maximum absolute atomic E-state index is 5.29. The van der Waals surface area contributed by atoms with Crippen LogP contribution in [0, 0.1) is 5.92 Å². The third-order valence-corrected chi connectivity index (χ3v) is 3.87. The first-order chi connectivity index (χ1) is 7.72. The molecule has 88 valence electrons. The van der Waals surface area contributed by atoms with Crippen molar-refractivity contribution in [2.24, 2.45) is 5.92 Å². The molecule has 0 bridgehead atoms. The van der Waals surface area contributed by atoms with Crippen molar-refractivity contribution in [2.45, 2.75) is 32.2 Å². The molecule has 3 atom stereocenters. The normalized spacial score (nSPS) is 30.1. The van der Waals surface area contributed by atoms with Gasteiger partial charge in [0, 0.05) is 6.04 Å². The predicted octanol–water partition coefficient (Wildman–Crippen LogP) is 2.80. The van der Waals surface area contributed by atoms with Gasteiger partial charge in [0.2, 0.25) is 0 Å². The lowest BCUT2D eigenvalue weighted by atomic mass is 9.78. The van der Waals surface area contributed by atoms with Crippen LogP contribution in [0.1, 0.15) is 31.7 Å². The van der Waals surface area contributed by atoms with Crippen LogP contribution in [0.3, 0.4) is 0 Å². The average molecular weight is 219 g/mol. The van der Waals surface area contributed by atoms with E-state index in [0.29, 0.717) is 17.9 Å². The molecule has 1 aliphatic rings. The summed E-state index contributed by atoms with van der Waals surface area (Å²) in [5, 5.41) is 3.53. The van der Waals surface area contributed by atoms with Crippen molar-refractivity contribution in [2.75, 3.05) is 13.7 Å². The molecule has 0 radical (unpaired) electrons. The first-order valence-electron chi connectivity index (χ1n) is 6.09. The zero-order chi connectivity index (χ0) is 11.5. The Labute approximate surface area is 98.0 Å². The summed E-state index contributed by atoms with van der Waals surface area (Å²) in [6.45, 7) is 5.73. The molecular formula is C14H21NO. The molecule has 0 saturated carbocycles. The number of hydrogen-bond donors (Lipinski definition) is 1. The molecule has 1 aromatic carbocycles. The minimum atomic E-state index is 0.602. The van der Waals surface area contributed by atoms with E-state index in [-0.39, 0.29) is 0 Å². The van der Waals surface area contributed by atoms with Gasteiger partial charge in [-0.2, -0.15) is 0 Å². The van der Waals surface area contributed by atoms with E-state index in [1.54, 1.807) is 7.11 Å². The van der Waals surface area contributed by atoms with Crippen LogP contribution in [0.4, 0.5) is 0 Å². The fourth-order valence-corrected chi connectivity index (χ4v) is 2.61. The summed E-state index contributed by atoms with van der Waals surface area (Å²) in [5.74, 6) is 2.31. The molecule has 1 fully saturated rings. The summed E-state index contributed by atoms with van der Waals surface area (Å²) >= 11 is 0. The van der Waals surface area contributed by atoms with Crippen LogP contribution >= 0.6 is 0 Å². The number of methoxy groups -OCH3 is 1. The van der Waals surface area contributed by atoms with Crippen molar-refractivity contribution in [1.82, 2.24) is 5.32 Å². The molecule has 1 N–H and O–H groups in total. The van der Waals surface area contributed by atoms with E-state index in [1.807, 2.05) is 6.07 Å². The van der Waals surface area contributed by atoms with Crippen molar-refractivity contribution < 1.29 is 4.74 Å². The Morgan fingerprint density at radius 1 is 1.31 bits per heavy atom. The number of ether oxygens (including phenoxy) is 1. The highest BCUT2D eigenvalue weighted by Gasteiger charge is 2.27. The molecular weight excluding hydrogens is 198 g/mol. The van der Waals surface area contributed by atoms with Crippen molar-refractivity contribution in [1.29, 1.82) is 0 Å². The molecule has 1 saturated heterocycles. The Hall–Kier alpha value is -1.02. The quantitative estimate of drug-likeness (QED) is 0.826. The molecule has 2 heteroatoms. The minimum Gasteiger partial charge on any atom is -0.497 e. The first kappa shape index (κ1) is 11.5.